The second kappa shape index (κ2) is 12.6. The third kappa shape index (κ3) is 6.35. The third-order valence-electron chi connectivity index (χ3n) is 5.35. The average Bonchev–Trinajstić information content (AvgIpc) is 3.57. The number of nitrogens with zero attached hydrogens (tertiary/aromatic N) is 5. The Bertz CT molecular complexity index is 1420. The number of thioether (sulfide) groups is 2. The molecule has 0 aliphatic carbocycles. The number of aromatic nitrogens is 3. The van der Waals surface area contributed by atoms with Crippen molar-refractivity contribution in [2.45, 2.75) is 22.2 Å². The summed E-state index contributed by atoms with van der Waals surface area (Å²) >= 11 is 4.63. The van der Waals surface area contributed by atoms with Gasteiger partial charge in [-0.25, -0.2) is 9.78 Å². The number of hydrogen-bond donors (Lipinski definition) is 6. The van der Waals surface area contributed by atoms with Crippen molar-refractivity contribution in [2.75, 3.05) is 30.9 Å². The van der Waals surface area contributed by atoms with Gasteiger partial charge in [-0.1, -0.05) is 28.3 Å². The van der Waals surface area contributed by atoms with Crippen LogP contribution in [0.15, 0.2) is 26.1 Å². The number of hydrogen-bond acceptors (Lipinski definition) is 15. The van der Waals surface area contributed by atoms with Gasteiger partial charge in [-0.15, -0.1) is 33.3 Å². The molecule has 8 N–H and O–H groups in total. The highest BCUT2D eigenvalue weighted by Gasteiger charge is 2.54. The Kier molecular flexibility index (Phi) is 9.22. The lowest BCUT2D eigenvalue weighted by molar-refractivity contribution is -0.150. The lowest BCUT2D eigenvalue weighted by Gasteiger charge is -2.49. The Hall–Kier alpha value is -3.75. The maximum atomic E-state index is 13.0. The number of β-lactam (4-membered cyclic amide) rings is 1. The van der Waals surface area contributed by atoms with Crippen LogP contribution in [-0.2, 0) is 19.2 Å². The maximum absolute atomic E-state index is 13.0. The second-order valence-electron chi connectivity index (χ2n) is 8.00. The molecule has 0 saturated carbocycles. The Morgan fingerprint density at radius 1 is 1.38 bits per heavy atom. The molecule has 20 heteroatoms. The molecule has 1 fully saturated rings. The molecule has 2 aromatic rings. The second-order valence-corrected chi connectivity index (χ2v) is 12.2. The molecule has 0 spiro atoms. The zero-order chi connectivity index (χ0) is 29.0. The summed E-state index contributed by atoms with van der Waals surface area (Å²) in [5.74, 6) is -2.60. The molecule has 0 radical (unpaired) electrons. The van der Waals surface area contributed by atoms with E-state index in [9.17, 15) is 24.3 Å². The number of oxime groups is 1. The topological polar surface area (TPSA) is 252 Å². The highest BCUT2D eigenvalue weighted by atomic mass is 32.2. The van der Waals surface area contributed by atoms with E-state index in [2.05, 4.69) is 31.0 Å². The molecule has 3 amide bonds. The summed E-state index contributed by atoms with van der Waals surface area (Å²) in [4.78, 5) is 60.1. The number of anilines is 1. The molecule has 2 aromatic heterocycles. The van der Waals surface area contributed by atoms with Crippen molar-refractivity contribution < 1.29 is 29.1 Å². The first-order valence-corrected chi connectivity index (χ1v) is 14.9. The molecular formula is C20H22N10O6S4. The van der Waals surface area contributed by atoms with Crippen molar-refractivity contribution in [1.82, 2.24) is 30.7 Å². The minimum Gasteiger partial charge on any atom is -0.477 e. The summed E-state index contributed by atoms with van der Waals surface area (Å²) in [6.07, 6.45) is 0.208. The Morgan fingerprint density at radius 2 is 2.15 bits per heavy atom. The van der Waals surface area contributed by atoms with Gasteiger partial charge in [0.25, 0.3) is 17.7 Å². The fourth-order valence-electron chi connectivity index (χ4n) is 3.59. The van der Waals surface area contributed by atoms with Crippen LogP contribution in [0.5, 0.6) is 0 Å². The normalized spacial score (nSPS) is 18.6. The average molecular weight is 627 g/mol. The fourth-order valence-corrected chi connectivity index (χ4v) is 7.39. The Balaban J connectivity index is 1.41. The Labute approximate surface area is 242 Å². The molecule has 40 heavy (non-hydrogen) atoms. The van der Waals surface area contributed by atoms with Gasteiger partial charge in [-0.3, -0.25) is 24.7 Å². The number of thiazole rings is 1. The molecule has 0 bridgehead atoms. The number of aliphatic carboxylic acids is 1. The number of amidine groups is 1. The van der Waals surface area contributed by atoms with Crippen LogP contribution in [0.25, 0.3) is 0 Å². The van der Waals surface area contributed by atoms with Crippen LogP contribution < -0.4 is 22.1 Å². The van der Waals surface area contributed by atoms with E-state index in [1.165, 1.54) is 36.0 Å². The predicted molar refractivity (Wildman–Crippen MR) is 149 cm³/mol. The molecule has 16 nitrogen and oxygen atoms in total. The van der Waals surface area contributed by atoms with Crippen LogP contribution in [0.4, 0.5) is 5.13 Å². The van der Waals surface area contributed by atoms with Crippen molar-refractivity contribution in [3.05, 3.63) is 27.4 Å². The van der Waals surface area contributed by atoms with E-state index in [0.717, 1.165) is 27.6 Å². The number of rotatable bonds is 12. The minimum absolute atomic E-state index is 0.0516. The summed E-state index contributed by atoms with van der Waals surface area (Å²) in [6.45, 7) is 0.189. The van der Waals surface area contributed by atoms with Crippen LogP contribution in [0.3, 0.4) is 0 Å². The van der Waals surface area contributed by atoms with E-state index in [-0.39, 0.29) is 57.5 Å². The number of carboxylic acid groups (broad SMARTS) is 1. The van der Waals surface area contributed by atoms with E-state index in [1.54, 1.807) is 0 Å². The predicted octanol–water partition coefficient (Wildman–Crippen LogP) is -0.486. The van der Waals surface area contributed by atoms with Gasteiger partial charge >= 0.3 is 5.97 Å². The van der Waals surface area contributed by atoms with Crippen molar-refractivity contribution in [1.29, 1.82) is 5.41 Å². The molecular weight excluding hydrogens is 605 g/mol. The minimum atomic E-state index is -1.28. The van der Waals surface area contributed by atoms with Gasteiger partial charge in [0, 0.05) is 29.9 Å². The van der Waals surface area contributed by atoms with Gasteiger partial charge in [0.05, 0.1) is 5.84 Å². The quantitative estimate of drug-likeness (QED) is 0.0573. The first kappa shape index (κ1) is 29.2. The molecule has 2 aliphatic rings. The molecule has 0 aromatic carbocycles. The van der Waals surface area contributed by atoms with Crippen molar-refractivity contribution in [2.24, 2.45) is 10.9 Å². The number of nitrogen functional groups attached to an aromatic ring is 1. The smallest absolute Gasteiger partial charge is 0.352 e. The molecule has 2 aliphatic heterocycles. The van der Waals surface area contributed by atoms with E-state index in [0.29, 0.717) is 9.91 Å². The fraction of sp³-hybridized carbons (Fsp3) is 0.350. The molecule has 1 saturated heterocycles. The van der Waals surface area contributed by atoms with Gasteiger partial charge in [-0.2, -0.15) is 0 Å². The lowest BCUT2D eigenvalue weighted by Crippen LogP contribution is -2.71. The highest BCUT2D eigenvalue weighted by molar-refractivity contribution is 8.01. The summed E-state index contributed by atoms with van der Waals surface area (Å²) in [6, 6.07) is -0.980. The first-order valence-electron chi connectivity index (χ1n) is 11.2. The number of nitrogens with one attached hydrogen (secondary N) is 3. The number of carboxylic acids is 1. The highest BCUT2D eigenvalue weighted by Crippen LogP contribution is 2.41. The maximum Gasteiger partial charge on any atom is 0.352 e. The van der Waals surface area contributed by atoms with Gasteiger partial charge in [0.1, 0.15) is 29.9 Å². The molecule has 0 unspecified atom stereocenters. The van der Waals surface area contributed by atoms with E-state index in [4.69, 9.17) is 21.7 Å². The molecule has 2 atom stereocenters. The zero-order valence-corrected chi connectivity index (χ0v) is 23.8. The lowest BCUT2D eigenvalue weighted by atomic mass is 10.0. The van der Waals surface area contributed by atoms with Crippen LogP contribution in [-0.4, -0.2) is 97.0 Å². The number of nitrogens with two attached hydrogens (primary N) is 2. The van der Waals surface area contributed by atoms with E-state index in [1.807, 2.05) is 0 Å². The van der Waals surface area contributed by atoms with Gasteiger partial charge in [-0.05, 0) is 5.57 Å². The van der Waals surface area contributed by atoms with Crippen LogP contribution in [0.2, 0.25) is 0 Å². The van der Waals surface area contributed by atoms with Crippen molar-refractivity contribution in [3.63, 3.8) is 0 Å². The van der Waals surface area contributed by atoms with E-state index < -0.39 is 35.1 Å². The number of carbonyl (C=O) groups is 4. The zero-order valence-electron chi connectivity index (χ0n) is 20.6. The van der Waals surface area contributed by atoms with Gasteiger partial charge in [0.15, 0.2) is 15.2 Å². The van der Waals surface area contributed by atoms with Gasteiger partial charge < -0.3 is 32.0 Å². The van der Waals surface area contributed by atoms with Crippen LogP contribution >= 0.6 is 46.2 Å². The van der Waals surface area contributed by atoms with Gasteiger partial charge in [0.2, 0.25) is 5.01 Å². The van der Waals surface area contributed by atoms with E-state index >= 15 is 0 Å². The van der Waals surface area contributed by atoms with Crippen LogP contribution in [0.1, 0.15) is 21.9 Å². The third-order valence-corrected chi connectivity index (χ3v) is 9.50. The summed E-state index contributed by atoms with van der Waals surface area (Å²) in [7, 11) is 1.26. The Morgan fingerprint density at radius 3 is 2.80 bits per heavy atom. The van der Waals surface area contributed by atoms with Crippen molar-refractivity contribution in [3.8, 4) is 0 Å². The summed E-state index contributed by atoms with van der Waals surface area (Å²) in [5, 5.41) is 35.0. The first-order chi connectivity index (χ1) is 19.1. The number of carbonyl (C=O) groups excluding carboxylic acids is 3. The summed E-state index contributed by atoms with van der Waals surface area (Å²) < 4.78 is 0.439. The monoisotopic (exact) mass is 626 g/mol. The number of fused-ring (bicyclic) bond motifs is 1. The largest absolute Gasteiger partial charge is 0.477 e. The molecule has 212 valence electrons. The summed E-state index contributed by atoms with van der Waals surface area (Å²) in [5.41, 5.74) is 11.2. The van der Waals surface area contributed by atoms with Crippen LogP contribution in [0, 0.1) is 5.41 Å². The molecule has 4 heterocycles. The number of amides is 3. The SMILES string of the molecule is CO/N=C(\C(=O)N[C@@H]1C(=O)N2C(C(=O)O)=C(CSc3nnc(C(=O)NCCC(=N)N)s3)CS[C@@H]12)c1csc(N)n1. The standard InChI is InChI=1S/C20H22N10O6S4/c1-36-29-10(8-6-38-19(23)25-8)13(31)26-11-16(33)30-12(18(34)35)7(4-37-17(11)30)5-39-20-28-27-15(40-20)14(32)24-3-2-9(21)22/h6,11,17H,2-5H2,1H3,(H3,21,22)(H2,23,25)(H,24,32)(H,26,31)(H,34,35)/b29-10-/t11-,17+/m1/s1. The van der Waals surface area contributed by atoms with Crippen molar-refractivity contribution >= 4 is 86.6 Å². The molecule has 4 rings (SSSR count).